The number of benzene rings is 1. The standard InChI is InChI=1S/C16H19F3N4O3.CHN/c17-16(18,19)26-12-5-3-10(4-6-12)23-14(20)13(15(21)24)8-22-11-2-1-7-25-9-11;1-2/h3-6,8,11,22H,1-2,7,9H2,(H2,20,23)(H2,21,24);1H/b13-8+;. The first-order chi connectivity index (χ1) is 13.2. The molecule has 0 radical (unpaired) electrons. The molecule has 0 aromatic heterocycles. The van der Waals surface area contributed by atoms with Gasteiger partial charge in [-0.15, -0.1) is 13.2 Å². The molecule has 1 aromatic rings. The summed E-state index contributed by atoms with van der Waals surface area (Å²) in [5, 5.41) is 9.51. The average Bonchev–Trinajstić information content (AvgIpc) is 2.64. The molecule has 152 valence electrons. The fourth-order valence-corrected chi connectivity index (χ4v) is 2.27. The zero-order chi connectivity index (χ0) is 21.2. The molecule has 28 heavy (non-hydrogen) atoms. The van der Waals surface area contributed by atoms with Crippen molar-refractivity contribution in [3.8, 4) is 12.3 Å². The lowest BCUT2D eigenvalue weighted by Gasteiger charge is -2.22. The highest BCUT2D eigenvalue weighted by atomic mass is 19.4. The molecule has 2 rings (SSSR count). The number of alkyl halides is 3. The number of rotatable bonds is 6. The number of carbonyl (C=O) groups excluding carboxylic acids is 1. The minimum absolute atomic E-state index is 0.0321. The third kappa shape index (κ3) is 7.96. The summed E-state index contributed by atoms with van der Waals surface area (Å²) in [5.74, 6) is -1.33. The Bertz CT molecular complexity index is 724. The lowest BCUT2D eigenvalue weighted by Crippen LogP contribution is -2.36. The van der Waals surface area contributed by atoms with Gasteiger partial charge in [0, 0.05) is 25.4 Å². The van der Waals surface area contributed by atoms with Crippen LogP contribution in [0.25, 0.3) is 0 Å². The highest BCUT2D eigenvalue weighted by Gasteiger charge is 2.30. The van der Waals surface area contributed by atoms with Crippen molar-refractivity contribution in [3.63, 3.8) is 0 Å². The number of primary amides is 1. The van der Waals surface area contributed by atoms with Crippen molar-refractivity contribution in [2.45, 2.75) is 25.2 Å². The highest BCUT2D eigenvalue weighted by molar-refractivity contribution is 6.20. The van der Waals surface area contributed by atoms with E-state index < -0.39 is 12.3 Å². The number of nitriles is 1. The Balaban J connectivity index is 0.00000190. The second-order valence-electron chi connectivity index (χ2n) is 5.54. The lowest BCUT2D eigenvalue weighted by molar-refractivity contribution is -0.274. The van der Waals surface area contributed by atoms with Gasteiger partial charge in [-0.3, -0.25) is 4.79 Å². The van der Waals surface area contributed by atoms with Crippen LogP contribution in [0.2, 0.25) is 0 Å². The zero-order valence-corrected chi connectivity index (χ0v) is 14.8. The molecule has 1 heterocycles. The first-order valence-electron chi connectivity index (χ1n) is 8.04. The molecule has 0 bridgehead atoms. The van der Waals surface area contributed by atoms with Gasteiger partial charge in [-0.2, -0.15) is 0 Å². The minimum atomic E-state index is -4.78. The summed E-state index contributed by atoms with van der Waals surface area (Å²) >= 11 is 0. The van der Waals surface area contributed by atoms with Gasteiger partial charge in [0.1, 0.15) is 11.6 Å². The number of aliphatic imine (C=N–C) groups is 1. The zero-order valence-electron chi connectivity index (χ0n) is 14.8. The van der Waals surface area contributed by atoms with E-state index in [9.17, 15) is 18.0 Å². The maximum absolute atomic E-state index is 12.1. The van der Waals surface area contributed by atoms with Crippen molar-refractivity contribution in [1.29, 1.82) is 5.26 Å². The van der Waals surface area contributed by atoms with Gasteiger partial charge < -0.3 is 26.3 Å². The maximum atomic E-state index is 12.1. The Labute approximate surface area is 159 Å². The molecule has 1 fully saturated rings. The largest absolute Gasteiger partial charge is 0.573 e. The number of halogens is 3. The molecule has 0 spiro atoms. The van der Waals surface area contributed by atoms with Gasteiger partial charge >= 0.3 is 6.36 Å². The highest BCUT2D eigenvalue weighted by Crippen LogP contribution is 2.25. The molecule has 0 aliphatic carbocycles. The Hall–Kier alpha value is -3.26. The lowest BCUT2D eigenvalue weighted by atomic mass is 10.1. The number of hydrogen-bond donors (Lipinski definition) is 3. The predicted molar refractivity (Wildman–Crippen MR) is 95.3 cm³/mol. The third-order valence-electron chi connectivity index (χ3n) is 3.48. The number of amidine groups is 1. The third-order valence-corrected chi connectivity index (χ3v) is 3.48. The minimum Gasteiger partial charge on any atom is -0.406 e. The second-order valence-corrected chi connectivity index (χ2v) is 5.54. The van der Waals surface area contributed by atoms with Crippen LogP contribution in [-0.2, 0) is 9.53 Å². The van der Waals surface area contributed by atoms with Crippen LogP contribution in [0.4, 0.5) is 18.9 Å². The second kappa shape index (κ2) is 10.8. The maximum Gasteiger partial charge on any atom is 0.573 e. The molecular formula is C17H20F3N5O3. The molecule has 0 saturated carbocycles. The number of carbonyl (C=O) groups is 1. The Morgan fingerprint density at radius 1 is 1.32 bits per heavy atom. The van der Waals surface area contributed by atoms with Gasteiger partial charge in [0.25, 0.3) is 5.91 Å². The Kier molecular flexibility index (Phi) is 8.77. The van der Waals surface area contributed by atoms with Crippen molar-refractivity contribution in [2.75, 3.05) is 13.2 Å². The number of nitrogens with two attached hydrogens (primary N) is 2. The molecule has 1 amide bonds. The summed E-state index contributed by atoms with van der Waals surface area (Å²) < 4.78 is 45.5. The van der Waals surface area contributed by atoms with Crippen molar-refractivity contribution in [3.05, 3.63) is 36.0 Å². The van der Waals surface area contributed by atoms with Crippen molar-refractivity contribution in [1.82, 2.24) is 5.32 Å². The van der Waals surface area contributed by atoms with Crippen LogP contribution in [0.5, 0.6) is 5.75 Å². The van der Waals surface area contributed by atoms with E-state index in [4.69, 9.17) is 21.5 Å². The molecule has 1 unspecified atom stereocenters. The van der Waals surface area contributed by atoms with Crippen LogP contribution in [0.15, 0.2) is 41.0 Å². The molecule has 8 nitrogen and oxygen atoms in total. The first kappa shape index (κ1) is 22.8. The van der Waals surface area contributed by atoms with Gasteiger partial charge in [0.2, 0.25) is 0 Å². The van der Waals surface area contributed by atoms with E-state index >= 15 is 0 Å². The monoisotopic (exact) mass is 399 g/mol. The molecular weight excluding hydrogens is 379 g/mol. The summed E-state index contributed by atoms with van der Waals surface area (Å²) in [6.07, 6.45) is -1.63. The van der Waals surface area contributed by atoms with Crippen LogP contribution in [-0.4, -0.2) is 37.4 Å². The van der Waals surface area contributed by atoms with Crippen LogP contribution < -0.4 is 21.5 Å². The molecule has 5 N–H and O–H groups in total. The summed E-state index contributed by atoms with van der Waals surface area (Å²) in [5.41, 5.74) is 11.3. The molecule has 1 atom stereocenters. The summed E-state index contributed by atoms with van der Waals surface area (Å²) in [7, 11) is 0. The van der Waals surface area contributed by atoms with E-state index in [1.54, 1.807) is 0 Å². The SMILES string of the molecule is C#N.NC(=O)/C(=C/NC1CCCOC1)C(N)=Nc1ccc(OC(F)(F)F)cc1. The fraction of sp³-hybridized carbons (Fsp3) is 0.353. The van der Waals surface area contributed by atoms with E-state index in [-0.39, 0.29) is 28.9 Å². The van der Waals surface area contributed by atoms with Crippen LogP contribution in [0, 0.1) is 11.8 Å². The van der Waals surface area contributed by atoms with Crippen molar-refractivity contribution in [2.24, 2.45) is 16.5 Å². The molecule has 1 saturated heterocycles. The summed E-state index contributed by atoms with van der Waals surface area (Å²) in [6, 6.07) is 4.75. The predicted octanol–water partition coefficient (Wildman–Crippen LogP) is 1.85. The van der Waals surface area contributed by atoms with Crippen molar-refractivity contribution >= 4 is 17.4 Å². The summed E-state index contributed by atoms with van der Waals surface area (Å²) in [4.78, 5) is 15.6. The van der Waals surface area contributed by atoms with E-state index in [2.05, 4.69) is 21.6 Å². The molecule has 1 aliphatic rings. The van der Waals surface area contributed by atoms with Gasteiger partial charge in [-0.05, 0) is 37.1 Å². The van der Waals surface area contributed by atoms with E-state index in [0.717, 1.165) is 25.0 Å². The Morgan fingerprint density at radius 2 is 1.96 bits per heavy atom. The topological polar surface area (TPSA) is 136 Å². The average molecular weight is 399 g/mol. The number of amides is 1. The molecule has 11 heteroatoms. The normalized spacial score (nSPS) is 17.8. The van der Waals surface area contributed by atoms with Crippen LogP contribution in [0.3, 0.4) is 0 Å². The number of nitrogens with zero attached hydrogens (tertiary/aromatic N) is 2. The van der Waals surface area contributed by atoms with Gasteiger partial charge in [0.15, 0.2) is 0 Å². The molecule has 1 aromatic carbocycles. The fourth-order valence-electron chi connectivity index (χ4n) is 2.27. The Morgan fingerprint density at radius 3 is 2.46 bits per heavy atom. The van der Waals surface area contributed by atoms with Gasteiger partial charge in [-0.1, -0.05) is 0 Å². The van der Waals surface area contributed by atoms with Crippen molar-refractivity contribution < 1.29 is 27.4 Å². The van der Waals surface area contributed by atoms with Crippen LogP contribution in [0.1, 0.15) is 12.8 Å². The van der Waals surface area contributed by atoms with E-state index in [0.29, 0.717) is 13.2 Å². The van der Waals surface area contributed by atoms with Crippen LogP contribution >= 0.6 is 0 Å². The van der Waals surface area contributed by atoms with Gasteiger partial charge in [-0.25, -0.2) is 10.3 Å². The molecule has 1 aliphatic heterocycles. The quantitative estimate of drug-likeness (QED) is 0.379. The van der Waals surface area contributed by atoms with E-state index in [1.165, 1.54) is 18.3 Å². The smallest absolute Gasteiger partial charge is 0.406 e. The summed E-state index contributed by atoms with van der Waals surface area (Å²) in [6.45, 7) is 4.70. The first-order valence-corrected chi connectivity index (χ1v) is 8.04. The van der Waals surface area contributed by atoms with E-state index in [1.807, 2.05) is 0 Å². The number of nitrogens with one attached hydrogen (secondary N) is 1. The van der Waals surface area contributed by atoms with Gasteiger partial charge in [0.05, 0.1) is 17.9 Å². The number of ether oxygens (including phenoxy) is 2. The number of hydrogen-bond acceptors (Lipinski definition) is 6.